The minimum atomic E-state index is -0.974. The van der Waals surface area contributed by atoms with Gasteiger partial charge < -0.3 is 15.0 Å². The number of benzene rings is 2. The minimum absolute atomic E-state index is 0.181. The summed E-state index contributed by atoms with van der Waals surface area (Å²) in [6, 6.07) is 17.8. The molecule has 2 aromatic carbocycles. The van der Waals surface area contributed by atoms with Gasteiger partial charge in [-0.1, -0.05) is 35.9 Å². The second-order valence-corrected chi connectivity index (χ2v) is 8.81. The van der Waals surface area contributed by atoms with E-state index in [-0.39, 0.29) is 17.5 Å². The van der Waals surface area contributed by atoms with Crippen molar-refractivity contribution in [1.82, 2.24) is 9.88 Å². The van der Waals surface area contributed by atoms with Crippen molar-refractivity contribution < 1.29 is 14.7 Å². The highest BCUT2D eigenvalue weighted by atomic mass is 35.5. The van der Waals surface area contributed by atoms with E-state index in [9.17, 15) is 9.59 Å². The van der Waals surface area contributed by atoms with Crippen LogP contribution in [0.25, 0.3) is 10.9 Å². The number of carboxylic acid groups (broad SMARTS) is 1. The lowest BCUT2D eigenvalue weighted by Gasteiger charge is -2.16. The summed E-state index contributed by atoms with van der Waals surface area (Å²) in [5, 5.41) is 13.1. The van der Waals surface area contributed by atoms with Crippen LogP contribution in [0.1, 0.15) is 44.1 Å². The standard InChI is InChI=1S/C23H19ClN2O3S/c1-14(15-5-7-17(8-6-15)23(28)29)25-22(27)19-4-2-3-16-11-12-26(21(16)19)13-18-9-10-20(24)30-18/h2-12,14H,13H2,1H3,(H,25,27)(H,28,29)/t14-/m0/s1. The number of fused-ring (bicyclic) bond motifs is 1. The SMILES string of the molecule is C[C@H](NC(=O)c1cccc2ccn(Cc3ccc(Cl)s3)c12)c1ccc(C(=O)O)cc1. The topological polar surface area (TPSA) is 71.3 Å². The van der Waals surface area contributed by atoms with Crippen molar-refractivity contribution in [2.45, 2.75) is 19.5 Å². The number of nitrogens with one attached hydrogen (secondary N) is 1. The molecule has 2 aromatic heterocycles. The maximum absolute atomic E-state index is 13.1. The van der Waals surface area contributed by atoms with Crippen LogP contribution in [0.5, 0.6) is 0 Å². The van der Waals surface area contributed by atoms with Crippen molar-refractivity contribution in [3.63, 3.8) is 0 Å². The molecule has 2 heterocycles. The number of amides is 1. The first kappa shape index (κ1) is 20.2. The molecule has 152 valence electrons. The van der Waals surface area contributed by atoms with Gasteiger partial charge in [0, 0.05) is 16.5 Å². The Hall–Kier alpha value is -3.09. The number of aromatic carboxylic acids is 1. The van der Waals surface area contributed by atoms with E-state index >= 15 is 0 Å². The summed E-state index contributed by atoms with van der Waals surface area (Å²) in [5.41, 5.74) is 2.51. The van der Waals surface area contributed by atoms with Crippen molar-refractivity contribution >= 4 is 45.7 Å². The van der Waals surface area contributed by atoms with Gasteiger partial charge in [0.1, 0.15) is 0 Å². The van der Waals surface area contributed by atoms with Gasteiger partial charge in [-0.15, -0.1) is 11.3 Å². The summed E-state index contributed by atoms with van der Waals surface area (Å²) >= 11 is 7.58. The summed E-state index contributed by atoms with van der Waals surface area (Å²) in [6.45, 7) is 2.51. The molecule has 0 radical (unpaired) electrons. The lowest BCUT2D eigenvalue weighted by molar-refractivity contribution is 0.0696. The lowest BCUT2D eigenvalue weighted by atomic mass is 10.0. The van der Waals surface area contributed by atoms with Gasteiger partial charge in [0.2, 0.25) is 0 Å². The van der Waals surface area contributed by atoms with Crippen molar-refractivity contribution in [2.24, 2.45) is 0 Å². The first-order chi connectivity index (χ1) is 14.4. The number of halogens is 1. The maximum Gasteiger partial charge on any atom is 0.335 e. The molecule has 0 bridgehead atoms. The number of hydrogen-bond donors (Lipinski definition) is 2. The Balaban J connectivity index is 1.59. The molecule has 1 amide bonds. The van der Waals surface area contributed by atoms with Gasteiger partial charge in [-0.3, -0.25) is 4.79 Å². The molecule has 4 rings (SSSR count). The molecule has 0 aliphatic carbocycles. The Kier molecular flexibility index (Phi) is 5.61. The molecule has 5 nitrogen and oxygen atoms in total. The second-order valence-electron chi connectivity index (χ2n) is 7.02. The van der Waals surface area contributed by atoms with Gasteiger partial charge in [0.05, 0.1) is 33.6 Å². The number of nitrogens with zero attached hydrogens (tertiary/aromatic N) is 1. The van der Waals surface area contributed by atoms with Crippen molar-refractivity contribution in [1.29, 1.82) is 0 Å². The molecule has 30 heavy (non-hydrogen) atoms. The largest absolute Gasteiger partial charge is 0.478 e. The van der Waals surface area contributed by atoms with E-state index in [1.807, 2.05) is 49.5 Å². The van der Waals surface area contributed by atoms with Gasteiger partial charge >= 0.3 is 5.97 Å². The van der Waals surface area contributed by atoms with Crippen LogP contribution in [0, 0.1) is 0 Å². The van der Waals surface area contributed by atoms with Gasteiger partial charge in [-0.25, -0.2) is 4.79 Å². The zero-order chi connectivity index (χ0) is 21.3. The smallest absolute Gasteiger partial charge is 0.335 e. The third kappa shape index (κ3) is 4.10. The normalized spacial score (nSPS) is 12.1. The Labute approximate surface area is 182 Å². The van der Waals surface area contributed by atoms with Crippen LogP contribution in [-0.4, -0.2) is 21.6 Å². The van der Waals surface area contributed by atoms with E-state index in [0.29, 0.717) is 12.1 Å². The minimum Gasteiger partial charge on any atom is -0.478 e. The molecular formula is C23H19ClN2O3S. The average molecular weight is 439 g/mol. The maximum atomic E-state index is 13.1. The summed E-state index contributed by atoms with van der Waals surface area (Å²) in [7, 11) is 0. The number of thiophene rings is 1. The predicted molar refractivity (Wildman–Crippen MR) is 120 cm³/mol. The highest BCUT2D eigenvalue weighted by Gasteiger charge is 2.17. The van der Waals surface area contributed by atoms with Crippen LogP contribution in [0.15, 0.2) is 66.9 Å². The van der Waals surface area contributed by atoms with Crippen LogP contribution >= 0.6 is 22.9 Å². The summed E-state index contributed by atoms with van der Waals surface area (Å²) in [6.07, 6.45) is 1.98. The van der Waals surface area contributed by atoms with E-state index in [1.54, 1.807) is 24.3 Å². The number of hydrogen-bond acceptors (Lipinski definition) is 3. The molecule has 4 aromatic rings. The summed E-state index contributed by atoms with van der Waals surface area (Å²) < 4.78 is 2.79. The number of aromatic nitrogens is 1. The van der Waals surface area contributed by atoms with Gasteiger partial charge in [0.25, 0.3) is 5.91 Å². The average Bonchev–Trinajstić information content (AvgIpc) is 3.34. The number of rotatable bonds is 6. The molecule has 0 unspecified atom stereocenters. The molecule has 0 saturated heterocycles. The van der Waals surface area contributed by atoms with E-state index in [1.165, 1.54) is 11.3 Å². The van der Waals surface area contributed by atoms with Crippen LogP contribution in [0.2, 0.25) is 4.34 Å². The molecule has 7 heteroatoms. The van der Waals surface area contributed by atoms with Crippen LogP contribution < -0.4 is 5.32 Å². The van der Waals surface area contributed by atoms with Gasteiger partial charge in [-0.05, 0) is 48.9 Å². The Morgan fingerprint density at radius 1 is 1.10 bits per heavy atom. The van der Waals surface area contributed by atoms with Crippen LogP contribution in [0.3, 0.4) is 0 Å². The molecule has 0 aliphatic heterocycles. The van der Waals surface area contributed by atoms with Crippen LogP contribution in [0.4, 0.5) is 0 Å². The molecule has 0 aliphatic rings. The number of carbonyl (C=O) groups is 2. The molecule has 0 spiro atoms. The first-order valence-corrected chi connectivity index (χ1v) is 10.6. The zero-order valence-corrected chi connectivity index (χ0v) is 17.7. The summed E-state index contributed by atoms with van der Waals surface area (Å²) in [4.78, 5) is 25.2. The Bertz CT molecular complexity index is 1230. The predicted octanol–water partition coefficient (Wildman–Crippen LogP) is 5.59. The van der Waals surface area contributed by atoms with E-state index < -0.39 is 5.97 Å². The van der Waals surface area contributed by atoms with Crippen molar-refractivity contribution in [3.05, 3.63) is 92.8 Å². The van der Waals surface area contributed by atoms with E-state index in [4.69, 9.17) is 16.7 Å². The molecular weight excluding hydrogens is 420 g/mol. The quantitative estimate of drug-likeness (QED) is 0.412. The van der Waals surface area contributed by atoms with Crippen molar-refractivity contribution in [3.8, 4) is 0 Å². The molecule has 2 N–H and O–H groups in total. The van der Waals surface area contributed by atoms with Crippen molar-refractivity contribution in [2.75, 3.05) is 0 Å². The third-order valence-electron chi connectivity index (χ3n) is 4.99. The van der Waals surface area contributed by atoms with Gasteiger partial charge in [0.15, 0.2) is 0 Å². The number of para-hydroxylation sites is 1. The molecule has 0 saturated carbocycles. The fraction of sp³-hybridized carbons (Fsp3) is 0.130. The Morgan fingerprint density at radius 2 is 1.87 bits per heavy atom. The number of carbonyl (C=O) groups excluding carboxylic acids is 1. The molecule has 1 atom stereocenters. The first-order valence-electron chi connectivity index (χ1n) is 9.38. The lowest BCUT2D eigenvalue weighted by Crippen LogP contribution is -2.27. The van der Waals surface area contributed by atoms with E-state index in [0.717, 1.165) is 25.7 Å². The zero-order valence-electron chi connectivity index (χ0n) is 16.1. The summed E-state index contributed by atoms with van der Waals surface area (Å²) in [5.74, 6) is -1.16. The third-order valence-corrected chi connectivity index (χ3v) is 6.21. The van der Waals surface area contributed by atoms with Crippen LogP contribution in [-0.2, 0) is 6.54 Å². The number of carboxylic acids is 1. The monoisotopic (exact) mass is 438 g/mol. The highest BCUT2D eigenvalue weighted by molar-refractivity contribution is 7.16. The highest BCUT2D eigenvalue weighted by Crippen LogP contribution is 2.26. The fourth-order valence-electron chi connectivity index (χ4n) is 3.45. The fourth-order valence-corrected chi connectivity index (χ4v) is 4.54. The Morgan fingerprint density at radius 3 is 2.53 bits per heavy atom. The van der Waals surface area contributed by atoms with E-state index in [2.05, 4.69) is 9.88 Å². The molecule has 0 fully saturated rings. The second kappa shape index (κ2) is 8.34. The van der Waals surface area contributed by atoms with Gasteiger partial charge in [-0.2, -0.15) is 0 Å².